The lowest BCUT2D eigenvalue weighted by molar-refractivity contribution is -0.118. The number of carbonyl (C=O) groups is 2. The second kappa shape index (κ2) is 6.88. The van der Waals surface area contributed by atoms with Crippen molar-refractivity contribution in [2.45, 2.75) is 12.5 Å². The summed E-state index contributed by atoms with van der Waals surface area (Å²) in [5.41, 5.74) is 1.15. The van der Waals surface area contributed by atoms with Crippen molar-refractivity contribution in [2.75, 3.05) is 16.8 Å². The van der Waals surface area contributed by atoms with E-state index in [2.05, 4.69) is 10.6 Å². The van der Waals surface area contributed by atoms with E-state index in [1.54, 1.807) is 36.4 Å². The second-order valence-corrected chi connectivity index (χ2v) is 5.85. The molecule has 2 aromatic rings. The van der Waals surface area contributed by atoms with Crippen molar-refractivity contribution in [3.05, 3.63) is 59.4 Å². The number of nitrogens with one attached hydrogen (secondary N) is 2. The normalized spacial score (nSPS) is 17.0. The molecule has 1 heterocycles. The molecule has 1 atom stereocenters. The van der Waals surface area contributed by atoms with E-state index in [1.165, 1.54) is 17.0 Å². The van der Waals surface area contributed by atoms with Gasteiger partial charge in [0.15, 0.2) is 0 Å². The molecule has 0 saturated carbocycles. The summed E-state index contributed by atoms with van der Waals surface area (Å²) in [7, 11) is 0. The number of halogens is 2. The van der Waals surface area contributed by atoms with E-state index in [1.807, 2.05) is 0 Å². The Morgan fingerprint density at radius 2 is 1.96 bits per heavy atom. The maximum Gasteiger partial charge on any atom is 0.319 e. The van der Waals surface area contributed by atoms with Crippen molar-refractivity contribution in [1.82, 2.24) is 5.32 Å². The van der Waals surface area contributed by atoms with Crippen LogP contribution in [0.3, 0.4) is 0 Å². The van der Waals surface area contributed by atoms with Crippen molar-refractivity contribution in [2.24, 2.45) is 0 Å². The molecule has 2 aromatic carbocycles. The van der Waals surface area contributed by atoms with Gasteiger partial charge in [0.25, 0.3) is 0 Å². The topological polar surface area (TPSA) is 61.4 Å². The first-order chi connectivity index (χ1) is 11.5. The summed E-state index contributed by atoms with van der Waals surface area (Å²) in [4.78, 5) is 26.0. The SMILES string of the molecule is O=C(Nc1cccc(Cl)c1)NC1CCN(c2ccc(F)cc2)C1=O. The number of nitrogens with zero attached hydrogens (tertiary/aromatic N) is 1. The molecule has 0 aromatic heterocycles. The van der Waals surface area contributed by atoms with Crippen molar-refractivity contribution >= 4 is 34.9 Å². The third kappa shape index (κ3) is 3.65. The van der Waals surface area contributed by atoms with Gasteiger partial charge < -0.3 is 15.5 Å². The van der Waals surface area contributed by atoms with Gasteiger partial charge >= 0.3 is 6.03 Å². The van der Waals surface area contributed by atoms with Crippen LogP contribution in [0, 0.1) is 5.82 Å². The first-order valence-electron chi connectivity index (χ1n) is 7.43. The van der Waals surface area contributed by atoms with Crippen molar-refractivity contribution < 1.29 is 14.0 Å². The molecule has 124 valence electrons. The van der Waals surface area contributed by atoms with Gasteiger partial charge in [-0.25, -0.2) is 9.18 Å². The average molecular weight is 348 g/mol. The lowest BCUT2D eigenvalue weighted by Gasteiger charge is -2.17. The molecule has 1 fully saturated rings. The molecule has 7 heteroatoms. The lowest BCUT2D eigenvalue weighted by atomic mass is 10.2. The Labute approximate surface area is 143 Å². The highest BCUT2D eigenvalue weighted by molar-refractivity contribution is 6.30. The highest BCUT2D eigenvalue weighted by atomic mass is 35.5. The Morgan fingerprint density at radius 3 is 2.67 bits per heavy atom. The molecule has 5 nitrogen and oxygen atoms in total. The van der Waals surface area contributed by atoms with Gasteiger partial charge in [-0.3, -0.25) is 4.79 Å². The van der Waals surface area contributed by atoms with Gasteiger partial charge in [-0.1, -0.05) is 17.7 Å². The van der Waals surface area contributed by atoms with Crippen molar-refractivity contribution in [3.63, 3.8) is 0 Å². The largest absolute Gasteiger partial charge is 0.326 e. The number of urea groups is 1. The van der Waals surface area contributed by atoms with Crippen LogP contribution >= 0.6 is 11.6 Å². The first kappa shape index (κ1) is 16.3. The summed E-state index contributed by atoms with van der Waals surface area (Å²) >= 11 is 5.86. The zero-order valence-electron chi connectivity index (χ0n) is 12.6. The number of benzene rings is 2. The number of hydrogen-bond donors (Lipinski definition) is 2. The highest BCUT2D eigenvalue weighted by Crippen LogP contribution is 2.22. The summed E-state index contributed by atoms with van der Waals surface area (Å²) in [6, 6.07) is 11.3. The number of anilines is 2. The number of hydrogen-bond acceptors (Lipinski definition) is 2. The number of amides is 3. The maximum atomic E-state index is 13.0. The molecular weight excluding hydrogens is 333 g/mol. The maximum absolute atomic E-state index is 13.0. The predicted molar refractivity (Wildman–Crippen MR) is 90.8 cm³/mol. The molecule has 1 aliphatic rings. The van der Waals surface area contributed by atoms with Crippen LogP contribution in [0.5, 0.6) is 0 Å². The molecule has 24 heavy (non-hydrogen) atoms. The summed E-state index contributed by atoms with van der Waals surface area (Å²) in [6.07, 6.45) is 0.485. The summed E-state index contributed by atoms with van der Waals surface area (Å²) in [5.74, 6) is -0.580. The van der Waals surface area contributed by atoms with E-state index < -0.39 is 12.1 Å². The van der Waals surface area contributed by atoms with Crippen LogP contribution in [0.25, 0.3) is 0 Å². The number of rotatable bonds is 3. The Kier molecular flexibility index (Phi) is 4.66. The third-order valence-electron chi connectivity index (χ3n) is 3.73. The Morgan fingerprint density at radius 1 is 1.21 bits per heavy atom. The summed E-state index contributed by atoms with van der Waals surface area (Å²) in [6.45, 7) is 0.465. The molecule has 1 saturated heterocycles. The van der Waals surface area contributed by atoms with Crippen molar-refractivity contribution in [3.8, 4) is 0 Å². The van der Waals surface area contributed by atoms with E-state index in [-0.39, 0.29) is 11.7 Å². The van der Waals surface area contributed by atoms with E-state index in [0.29, 0.717) is 29.4 Å². The van der Waals surface area contributed by atoms with Crippen LogP contribution in [0.2, 0.25) is 5.02 Å². The minimum Gasteiger partial charge on any atom is -0.326 e. The molecule has 0 spiro atoms. The van der Waals surface area contributed by atoms with Crippen molar-refractivity contribution in [1.29, 1.82) is 0 Å². The van der Waals surface area contributed by atoms with E-state index in [9.17, 15) is 14.0 Å². The fourth-order valence-corrected chi connectivity index (χ4v) is 2.77. The fourth-order valence-electron chi connectivity index (χ4n) is 2.58. The van der Waals surface area contributed by atoms with Crippen LogP contribution < -0.4 is 15.5 Å². The smallest absolute Gasteiger partial charge is 0.319 e. The van der Waals surface area contributed by atoms with Crippen LogP contribution in [0.15, 0.2) is 48.5 Å². The molecule has 0 radical (unpaired) electrons. The first-order valence-corrected chi connectivity index (χ1v) is 7.81. The van der Waals surface area contributed by atoms with Gasteiger partial charge in [0.1, 0.15) is 11.9 Å². The van der Waals surface area contributed by atoms with Gasteiger partial charge in [0.2, 0.25) is 5.91 Å². The fraction of sp³-hybridized carbons (Fsp3) is 0.176. The molecule has 0 aliphatic carbocycles. The second-order valence-electron chi connectivity index (χ2n) is 5.42. The van der Waals surface area contributed by atoms with Gasteiger partial charge in [-0.05, 0) is 48.9 Å². The summed E-state index contributed by atoms with van der Waals surface area (Å²) < 4.78 is 13.0. The van der Waals surface area contributed by atoms with E-state index in [0.717, 1.165) is 0 Å². The monoisotopic (exact) mass is 347 g/mol. The lowest BCUT2D eigenvalue weighted by Crippen LogP contribution is -2.43. The highest BCUT2D eigenvalue weighted by Gasteiger charge is 2.33. The summed E-state index contributed by atoms with van der Waals surface area (Å²) in [5, 5.41) is 5.79. The quantitative estimate of drug-likeness (QED) is 0.893. The predicted octanol–water partition coefficient (Wildman–Crippen LogP) is 3.41. The van der Waals surface area contributed by atoms with Gasteiger partial charge in [0, 0.05) is 22.9 Å². The Balaban J connectivity index is 1.61. The van der Waals surface area contributed by atoms with Gasteiger partial charge in [-0.2, -0.15) is 0 Å². The van der Waals surface area contributed by atoms with Crippen LogP contribution in [0.1, 0.15) is 6.42 Å². The molecule has 1 aliphatic heterocycles. The van der Waals surface area contributed by atoms with E-state index >= 15 is 0 Å². The molecule has 0 bridgehead atoms. The van der Waals surface area contributed by atoms with Gasteiger partial charge in [-0.15, -0.1) is 0 Å². The zero-order chi connectivity index (χ0) is 17.1. The minimum atomic E-state index is -0.616. The van der Waals surface area contributed by atoms with E-state index in [4.69, 9.17) is 11.6 Å². The average Bonchev–Trinajstić information content (AvgIpc) is 2.89. The number of carbonyl (C=O) groups excluding carboxylic acids is 2. The molecule has 3 amide bonds. The van der Waals surface area contributed by atoms with Gasteiger partial charge in [0.05, 0.1) is 0 Å². The molecule has 2 N–H and O–H groups in total. The molecule has 1 unspecified atom stereocenters. The minimum absolute atomic E-state index is 0.220. The molecule has 3 rings (SSSR count). The van der Waals surface area contributed by atoms with Crippen LogP contribution in [0.4, 0.5) is 20.6 Å². The van der Waals surface area contributed by atoms with Crippen LogP contribution in [-0.2, 0) is 4.79 Å². The van der Waals surface area contributed by atoms with Crippen LogP contribution in [-0.4, -0.2) is 24.5 Å². The molecular formula is C17H15ClFN3O2. The third-order valence-corrected chi connectivity index (χ3v) is 3.97. The zero-order valence-corrected chi connectivity index (χ0v) is 13.4. The Bertz CT molecular complexity index is 767. The Hall–Kier alpha value is -2.60. The standard InChI is InChI=1S/C17H15ClFN3O2/c18-11-2-1-3-13(10-11)20-17(24)21-15-8-9-22(16(15)23)14-6-4-12(19)5-7-14/h1-7,10,15H,8-9H2,(H2,20,21,24).